The molecule has 7 heteroatoms. The molecule has 0 unspecified atom stereocenters. The second kappa shape index (κ2) is 10.3. The van der Waals surface area contributed by atoms with Crippen molar-refractivity contribution >= 4 is 28.9 Å². The second-order valence-corrected chi connectivity index (χ2v) is 5.70. The van der Waals surface area contributed by atoms with Gasteiger partial charge in [-0.3, -0.25) is 15.1 Å². The van der Waals surface area contributed by atoms with Crippen LogP contribution in [0.1, 0.15) is 20.3 Å². The van der Waals surface area contributed by atoms with Crippen molar-refractivity contribution in [3.8, 4) is 0 Å². The molecule has 2 N–H and O–H groups in total. The van der Waals surface area contributed by atoms with Gasteiger partial charge in [0.1, 0.15) is 19.2 Å². The first kappa shape index (κ1) is 19.5. The molecule has 0 aliphatic carbocycles. The first-order valence-corrected chi connectivity index (χ1v) is 7.87. The minimum atomic E-state index is -0.608. The third-order valence-corrected chi connectivity index (χ3v) is 3.46. The molecule has 0 radical (unpaired) electrons. The Balaban J connectivity index is 5.24. The van der Waals surface area contributed by atoms with Crippen LogP contribution in [0.4, 0.5) is 4.79 Å². The third kappa shape index (κ3) is 7.17. The van der Waals surface area contributed by atoms with E-state index >= 15 is 0 Å². The number of esters is 1. The topological polar surface area (TPSA) is 81.4 Å². The highest BCUT2D eigenvalue weighted by atomic mass is 32.2. The highest BCUT2D eigenvalue weighted by Gasteiger charge is 2.33. The molecule has 0 aliphatic rings. The fraction of sp³-hybridized carbons (Fsp3) is 0.643. The van der Waals surface area contributed by atoms with Crippen LogP contribution in [0.25, 0.3) is 0 Å². The average Bonchev–Trinajstić information content (AvgIpc) is 2.46. The third-order valence-electron chi connectivity index (χ3n) is 2.72. The number of methoxy groups -OCH3 is 1. The SMILES string of the molecule is C=CCOC(=O)N(CC(=O)OC)[C@@H](CC(C)C)C(=[NH2+])SC. The van der Waals surface area contributed by atoms with Gasteiger partial charge in [-0.05, 0) is 18.6 Å². The van der Waals surface area contributed by atoms with Gasteiger partial charge in [0.25, 0.3) is 0 Å². The number of hydrogen-bond donors (Lipinski definition) is 1. The summed E-state index contributed by atoms with van der Waals surface area (Å²) in [6.45, 7) is 7.40. The zero-order valence-corrected chi connectivity index (χ0v) is 13.9. The highest BCUT2D eigenvalue weighted by molar-refractivity contribution is 8.13. The van der Waals surface area contributed by atoms with E-state index in [1.54, 1.807) is 0 Å². The van der Waals surface area contributed by atoms with Gasteiger partial charge in [0.2, 0.25) is 5.04 Å². The first-order valence-electron chi connectivity index (χ1n) is 6.64. The summed E-state index contributed by atoms with van der Waals surface area (Å²) in [5.41, 5.74) is 0. The number of nitrogens with two attached hydrogens (primary N) is 1. The molecule has 6 nitrogen and oxygen atoms in total. The van der Waals surface area contributed by atoms with E-state index in [1.165, 1.54) is 29.8 Å². The van der Waals surface area contributed by atoms with Gasteiger partial charge in [0, 0.05) is 0 Å². The van der Waals surface area contributed by atoms with Crippen LogP contribution in [0.2, 0.25) is 0 Å². The number of ether oxygens (including phenoxy) is 2. The van der Waals surface area contributed by atoms with Gasteiger partial charge in [0.05, 0.1) is 7.11 Å². The van der Waals surface area contributed by atoms with Crippen molar-refractivity contribution in [1.29, 1.82) is 0 Å². The molecule has 0 aromatic heterocycles. The molecule has 1 atom stereocenters. The van der Waals surface area contributed by atoms with E-state index in [-0.39, 0.29) is 13.2 Å². The summed E-state index contributed by atoms with van der Waals surface area (Å²) < 4.78 is 9.68. The predicted octanol–water partition coefficient (Wildman–Crippen LogP) is 0.719. The molecule has 0 spiro atoms. The molecular formula is C14H25N2O4S+. The quantitative estimate of drug-likeness (QED) is 0.309. The van der Waals surface area contributed by atoms with Crippen LogP contribution in [-0.4, -0.2) is 54.6 Å². The number of rotatable bonds is 8. The van der Waals surface area contributed by atoms with Crippen LogP contribution >= 0.6 is 11.8 Å². The lowest BCUT2D eigenvalue weighted by molar-refractivity contribution is -0.142. The van der Waals surface area contributed by atoms with Gasteiger partial charge >= 0.3 is 12.1 Å². The fourth-order valence-corrected chi connectivity index (χ4v) is 2.19. The van der Waals surface area contributed by atoms with Gasteiger partial charge in [-0.1, -0.05) is 38.3 Å². The molecule has 0 heterocycles. The van der Waals surface area contributed by atoms with Gasteiger partial charge in [-0.2, -0.15) is 0 Å². The number of carbonyl (C=O) groups is 2. The van der Waals surface area contributed by atoms with Gasteiger partial charge in [0.15, 0.2) is 0 Å². The lowest BCUT2D eigenvalue weighted by Gasteiger charge is -2.28. The Morgan fingerprint density at radius 1 is 1.43 bits per heavy atom. The number of thioether (sulfide) groups is 1. The van der Waals surface area contributed by atoms with Crippen LogP contribution < -0.4 is 5.41 Å². The zero-order valence-electron chi connectivity index (χ0n) is 13.1. The van der Waals surface area contributed by atoms with E-state index in [0.29, 0.717) is 17.4 Å². The van der Waals surface area contributed by atoms with E-state index in [4.69, 9.17) is 10.1 Å². The number of amides is 1. The van der Waals surface area contributed by atoms with Gasteiger partial charge in [-0.15, -0.1) is 0 Å². The lowest BCUT2D eigenvalue weighted by Crippen LogP contribution is -2.55. The van der Waals surface area contributed by atoms with Crippen molar-refractivity contribution in [2.45, 2.75) is 26.3 Å². The summed E-state index contributed by atoms with van der Waals surface area (Å²) in [5.74, 6) is -0.221. The number of nitrogens with zero attached hydrogens (tertiary/aromatic N) is 1. The van der Waals surface area contributed by atoms with E-state index in [1.807, 2.05) is 20.1 Å². The van der Waals surface area contributed by atoms with Crippen molar-refractivity contribution in [2.75, 3.05) is 26.5 Å². The van der Waals surface area contributed by atoms with Crippen molar-refractivity contribution in [2.24, 2.45) is 5.92 Å². The van der Waals surface area contributed by atoms with E-state index in [0.717, 1.165) is 0 Å². The number of carbonyl (C=O) groups excluding carboxylic acids is 2. The second-order valence-electron chi connectivity index (χ2n) is 4.82. The molecule has 0 saturated heterocycles. The fourth-order valence-electron chi connectivity index (χ4n) is 1.70. The molecule has 0 aromatic carbocycles. The smallest absolute Gasteiger partial charge is 0.411 e. The molecule has 0 fully saturated rings. The van der Waals surface area contributed by atoms with Crippen LogP contribution in [0, 0.1) is 5.92 Å². The predicted molar refractivity (Wildman–Crippen MR) is 84.0 cm³/mol. The average molecular weight is 317 g/mol. The lowest BCUT2D eigenvalue weighted by atomic mass is 10.0. The van der Waals surface area contributed by atoms with E-state index in [9.17, 15) is 9.59 Å². The Kier molecular flexibility index (Phi) is 9.53. The van der Waals surface area contributed by atoms with Crippen molar-refractivity contribution in [3.05, 3.63) is 12.7 Å². The Bertz CT molecular complexity index is 385. The van der Waals surface area contributed by atoms with Crippen LogP contribution in [0.15, 0.2) is 12.7 Å². The zero-order chi connectivity index (χ0) is 16.4. The number of hydrogen-bond acceptors (Lipinski definition) is 5. The van der Waals surface area contributed by atoms with Crippen LogP contribution in [0.3, 0.4) is 0 Å². The van der Waals surface area contributed by atoms with E-state index in [2.05, 4.69) is 11.3 Å². The summed E-state index contributed by atoms with van der Waals surface area (Å²) in [6.07, 6.45) is 3.32. The molecular weight excluding hydrogens is 292 g/mol. The minimum Gasteiger partial charge on any atom is -0.468 e. The molecule has 120 valence electrons. The normalized spacial score (nSPS) is 11.7. The summed E-state index contributed by atoms with van der Waals surface area (Å²) in [4.78, 5) is 25.0. The molecule has 0 bridgehead atoms. The summed E-state index contributed by atoms with van der Waals surface area (Å²) in [7, 11) is 1.27. The standard InChI is InChI=1S/C14H24N2O4S/c1-6-7-20-14(18)16(9-12(17)19-4)11(8-10(2)3)13(15)21-5/h6,10-11,15H,1,7-9H2,2-5H3/p+1/t11-/m0/s1. The van der Waals surface area contributed by atoms with Gasteiger partial charge in [-0.25, -0.2) is 4.79 Å². The van der Waals surface area contributed by atoms with Crippen LogP contribution in [0.5, 0.6) is 0 Å². The van der Waals surface area contributed by atoms with Crippen LogP contribution in [-0.2, 0) is 14.3 Å². The largest absolute Gasteiger partial charge is 0.468 e. The first-order chi connectivity index (χ1) is 9.87. The van der Waals surface area contributed by atoms with Gasteiger partial charge < -0.3 is 9.47 Å². The monoisotopic (exact) mass is 317 g/mol. The Labute approximate surface area is 130 Å². The van der Waals surface area contributed by atoms with E-state index < -0.39 is 18.1 Å². The van der Waals surface area contributed by atoms with Crippen molar-refractivity contribution in [1.82, 2.24) is 4.90 Å². The minimum absolute atomic E-state index is 0.0735. The molecule has 0 aromatic rings. The molecule has 0 saturated carbocycles. The highest BCUT2D eigenvalue weighted by Crippen LogP contribution is 2.17. The molecule has 0 rings (SSSR count). The molecule has 21 heavy (non-hydrogen) atoms. The Morgan fingerprint density at radius 3 is 2.48 bits per heavy atom. The summed E-state index contributed by atoms with van der Waals surface area (Å²) >= 11 is 1.35. The molecule has 1 amide bonds. The Hall–Kier alpha value is -1.50. The molecule has 0 aliphatic heterocycles. The maximum Gasteiger partial charge on any atom is 0.411 e. The summed E-state index contributed by atoms with van der Waals surface area (Å²) in [5, 5.41) is 6.57. The maximum atomic E-state index is 12.2. The summed E-state index contributed by atoms with van der Waals surface area (Å²) in [6, 6.07) is -0.392. The Morgan fingerprint density at radius 2 is 2.05 bits per heavy atom. The van der Waals surface area contributed by atoms with Crippen molar-refractivity contribution in [3.63, 3.8) is 0 Å². The van der Waals surface area contributed by atoms with Crippen molar-refractivity contribution < 1.29 is 24.5 Å². The maximum absolute atomic E-state index is 12.2.